The molecule has 0 aliphatic rings. The molecule has 2 aromatic rings. The van der Waals surface area contributed by atoms with Crippen LogP contribution in [-0.2, 0) is 6.54 Å². The van der Waals surface area contributed by atoms with Crippen LogP contribution in [0.2, 0.25) is 0 Å². The van der Waals surface area contributed by atoms with Crippen molar-refractivity contribution >= 4 is 22.8 Å². The summed E-state index contributed by atoms with van der Waals surface area (Å²) in [6.07, 6.45) is 4.08. The van der Waals surface area contributed by atoms with Crippen molar-refractivity contribution in [2.45, 2.75) is 38.6 Å². The fourth-order valence-electron chi connectivity index (χ4n) is 1.82. The lowest BCUT2D eigenvalue weighted by atomic mass is 10.3. The number of unbranched alkanes of at least 4 members (excludes halogenated alkanes) is 1. The van der Waals surface area contributed by atoms with E-state index in [9.17, 15) is 0 Å². The van der Waals surface area contributed by atoms with Crippen molar-refractivity contribution in [3.8, 4) is 0 Å². The zero-order valence-corrected chi connectivity index (χ0v) is 10.4. The SMILES string of the molecule is CCCCn1c(C(C)Cl)nc2cccnc21. The number of rotatable bonds is 4. The molecule has 0 N–H and O–H groups in total. The second-order valence-corrected chi connectivity index (χ2v) is 4.59. The van der Waals surface area contributed by atoms with Crippen LogP contribution in [-0.4, -0.2) is 14.5 Å². The Labute approximate surface area is 100 Å². The third kappa shape index (κ3) is 2.05. The molecule has 0 spiro atoms. The lowest BCUT2D eigenvalue weighted by molar-refractivity contribution is 0.612. The van der Waals surface area contributed by atoms with Crippen molar-refractivity contribution < 1.29 is 0 Å². The molecule has 0 amide bonds. The van der Waals surface area contributed by atoms with Gasteiger partial charge in [0, 0.05) is 12.7 Å². The Morgan fingerprint density at radius 1 is 1.50 bits per heavy atom. The maximum Gasteiger partial charge on any atom is 0.160 e. The van der Waals surface area contributed by atoms with Crippen molar-refractivity contribution in [3.63, 3.8) is 0 Å². The van der Waals surface area contributed by atoms with Gasteiger partial charge in [0.25, 0.3) is 0 Å². The van der Waals surface area contributed by atoms with Crippen LogP contribution >= 0.6 is 11.6 Å². The van der Waals surface area contributed by atoms with Gasteiger partial charge in [-0.15, -0.1) is 11.6 Å². The lowest BCUT2D eigenvalue weighted by Crippen LogP contribution is -2.05. The highest BCUT2D eigenvalue weighted by Gasteiger charge is 2.14. The number of nitrogens with zero attached hydrogens (tertiary/aromatic N) is 3. The van der Waals surface area contributed by atoms with Crippen LogP contribution in [0.15, 0.2) is 18.3 Å². The number of hydrogen-bond acceptors (Lipinski definition) is 2. The van der Waals surface area contributed by atoms with Gasteiger partial charge < -0.3 is 4.57 Å². The van der Waals surface area contributed by atoms with Gasteiger partial charge in [-0.1, -0.05) is 13.3 Å². The summed E-state index contributed by atoms with van der Waals surface area (Å²) in [6.45, 7) is 5.07. The molecule has 2 rings (SSSR count). The number of fused-ring (bicyclic) bond motifs is 1. The van der Waals surface area contributed by atoms with E-state index in [1.54, 1.807) is 6.20 Å². The fourth-order valence-corrected chi connectivity index (χ4v) is 1.98. The number of aromatic nitrogens is 3. The third-order valence-corrected chi connectivity index (χ3v) is 2.82. The molecule has 1 unspecified atom stereocenters. The van der Waals surface area contributed by atoms with Crippen molar-refractivity contribution in [3.05, 3.63) is 24.2 Å². The van der Waals surface area contributed by atoms with Crippen LogP contribution in [0, 0.1) is 0 Å². The van der Waals surface area contributed by atoms with Crippen LogP contribution in [0.5, 0.6) is 0 Å². The van der Waals surface area contributed by atoms with Gasteiger partial charge in [0.1, 0.15) is 11.3 Å². The minimum absolute atomic E-state index is 0.0777. The van der Waals surface area contributed by atoms with Crippen LogP contribution in [0.3, 0.4) is 0 Å². The molecule has 0 aliphatic heterocycles. The minimum Gasteiger partial charge on any atom is -0.311 e. The molecular formula is C12H16ClN3. The molecule has 3 nitrogen and oxygen atoms in total. The normalized spacial score (nSPS) is 13.2. The summed E-state index contributed by atoms with van der Waals surface area (Å²) < 4.78 is 2.14. The van der Waals surface area contributed by atoms with E-state index in [4.69, 9.17) is 11.6 Å². The molecule has 0 aliphatic carbocycles. The van der Waals surface area contributed by atoms with Gasteiger partial charge in [0.2, 0.25) is 0 Å². The van der Waals surface area contributed by atoms with E-state index in [0.717, 1.165) is 36.4 Å². The topological polar surface area (TPSA) is 30.7 Å². The first-order valence-electron chi connectivity index (χ1n) is 5.69. The van der Waals surface area contributed by atoms with E-state index in [1.165, 1.54) is 0 Å². The summed E-state index contributed by atoms with van der Waals surface area (Å²) in [4.78, 5) is 8.91. The maximum atomic E-state index is 6.15. The highest BCUT2D eigenvalue weighted by molar-refractivity contribution is 6.20. The number of hydrogen-bond donors (Lipinski definition) is 0. The Balaban J connectivity index is 2.51. The first-order chi connectivity index (χ1) is 7.74. The number of alkyl halides is 1. The third-order valence-electron chi connectivity index (χ3n) is 2.62. The summed E-state index contributed by atoms with van der Waals surface area (Å²) in [5.41, 5.74) is 1.87. The van der Waals surface area contributed by atoms with Crippen LogP contribution in [0.1, 0.15) is 37.9 Å². The summed E-state index contributed by atoms with van der Waals surface area (Å²) in [5.74, 6) is 0.920. The molecule has 2 aromatic heterocycles. The minimum atomic E-state index is -0.0777. The summed E-state index contributed by atoms with van der Waals surface area (Å²) in [5, 5.41) is -0.0777. The van der Waals surface area contributed by atoms with Crippen molar-refractivity contribution in [2.24, 2.45) is 0 Å². The number of imidazole rings is 1. The first-order valence-corrected chi connectivity index (χ1v) is 6.13. The number of halogens is 1. The van der Waals surface area contributed by atoms with Crippen molar-refractivity contribution in [1.29, 1.82) is 0 Å². The Hall–Kier alpha value is -1.09. The molecular weight excluding hydrogens is 222 g/mol. The Morgan fingerprint density at radius 2 is 2.31 bits per heavy atom. The highest BCUT2D eigenvalue weighted by atomic mass is 35.5. The average Bonchev–Trinajstić information content (AvgIpc) is 2.65. The van der Waals surface area contributed by atoms with Gasteiger partial charge in [0.15, 0.2) is 5.65 Å². The summed E-state index contributed by atoms with van der Waals surface area (Å²) in [6, 6.07) is 3.88. The quantitative estimate of drug-likeness (QED) is 0.762. The summed E-state index contributed by atoms with van der Waals surface area (Å²) in [7, 11) is 0. The van der Waals surface area contributed by atoms with Crippen LogP contribution < -0.4 is 0 Å². The van der Waals surface area contributed by atoms with E-state index in [-0.39, 0.29) is 5.38 Å². The Bertz CT molecular complexity index is 476. The Morgan fingerprint density at radius 3 is 3.00 bits per heavy atom. The second kappa shape index (κ2) is 4.83. The lowest BCUT2D eigenvalue weighted by Gasteiger charge is -2.08. The molecule has 0 saturated heterocycles. The van der Waals surface area contributed by atoms with E-state index >= 15 is 0 Å². The maximum absolute atomic E-state index is 6.15. The van der Waals surface area contributed by atoms with Gasteiger partial charge in [-0.05, 0) is 25.5 Å². The largest absolute Gasteiger partial charge is 0.311 e. The first kappa shape index (κ1) is 11.4. The summed E-state index contributed by atoms with van der Waals surface area (Å²) >= 11 is 6.15. The highest BCUT2D eigenvalue weighted by Crippen LogP contribution is 2.23. The zero-order chi connectivity index (χ0) is 11.5. The van der Waals surface area contributed by atoms with E-state index in [1.807, 2.05) is 19.1 Å². The molecule has 0 radical (unpaired) electrons. The van der Waals surface area contributed by atoms with Crippen LogP contribution in [0.25, 0.3) is 11.2 Å². The molecule has 0 aromatic carbocycles. The molecule has 16 heavy (non-hydrogen) atoms. The van der Waals surface area contributed by atoms with Gasteiger partial charge in [-0.2, -0.15) is 0 Å². The fraction of sp³-hybridized carbons (Fsp3) is 0.500. The zero-order valence-electron chi connectivity index (χ0n) is 9.65. The van der Waals surface area contributed by atoms with Gasteiger partial charge >= 0.3 is 0 Å². The van der Waals surface area contributed by atoms with E-state index in [0.29, 0.717) is 0 Å². The van der Waals surface area contributed by atoms with Crippen LogP contribution in [0.4, 0.5) is 0 Å². The molecule has 1 atom stereocenters. The standard InChI is InChI=1S/C12H16ClN3/c1-3-4-8-16-11(9(2)13)15-10-6-5-7-14-12(10)16/h5-7,9H,3-4,8H2,1-2H3. The van der Waals surface area contributed by atoms with Gasteiger partial charge in [-0.25, -0.2) is 9.97 Å². The molecule has 4 heteroatoms. The molecule has 2 heterocycles. The smallest absolute Gasteiger partial charge is 0.160 e. The molecule has 86 valence electrons. The molecule has 0 bridgehead atoms. The second-order valence-electron chi connectivity index (χ2n) is 3.94. The van der Waals surface area contributed by atoms with E-state index in [2.05, 4.69) is 21.5 Å². The molecule has 0 saturated carbocycles. The Kier molecular flexibility index (Phi) is 3.44. The van der Waals surface area contributed by atoms with Crippen molar-refractivity contribution in [2.75, 3.05) is 0 Å². The van der Waals surface area contributed by atoms with Gasteiger partial charge in [0.05, 0.1) is 5.38 Å². The predicted molar refractivity (Wildman–Crippen MR) is 66.7 cm³/mol. The number of pyridine rings is 1. The number of aryl methyl sites for hydroxylation is 1. The predicted octanol–water partition coefficient (Wildman–Crippen LogP) is 3.53. The van der Waals surface area contributed by atoms with E-state index < -0.39 is 0 Å². The van der Waals surface area contributed by atoms with Crippen molar-refractivity contribution in [1.82, 2.24) is 14.5 Å². The average molecular weight is 238 g/mol. The van der Waals surface area contributed by atoms with Gasteiger partial charge in [-0.3, -0.25) is 0 Å². The molecule has 0 fully saturated rings. The monoisotopic (exact) mass is 237 g/mol.